The van der Waals surface area contributed by atoms with E-state index in [4.69, 9.17) is 4.74 Å². The van der Waals surface area contributed by atoms with E-state index in [1.165, 1.54) is 18.4 Å². The highest BCUT2D eigenvalue weighted by Crippen LogP contribution is 2.17. The number of ether oxygens (including phenoxy) is 1. The van der Waals surface area contributed by atoms with Crippen LogP contribution in [0.1, 0.15) is 45.6 Å². The fraction of sp³-hybridized carbons (Fsp3) is 0.706. The number of anilines is 1. The first kappa shape index (κ1) is 17.9. The minimum absolute atomic E-state index is 0.537. The molecule has 1 atom stereocenters. The Labute approximate surface area is 129 Å². The van der Waals surface area contributed by atoms with Crippen LogP contribution in [-0.4, -0.2) is 37.8 Å². The Morgan fingerprint density at radius 2 is 2.14 bits per heavy atom. The summed E-state index contributed by atoms with van der Waals surface area (Å²) in [6, 6.07) is 4.85. The molecule has 1 aromatic heterocycles. The average Bonchev–Trinajstić information content (AvgIpc) is 2.53. The van der Waals surface area contributed by atoms with Gasteiger partial charge in [0.05, 0.1) is 6.61 Å². The van der Waals surface area contributed by atoms with Crippen LogP contribution in [0.3, 0.4) is 0 Å². The molecule has 0 aliphatic heterocycles. The van der Waals surface area contributed by atoms with Crippen LogP contribution in [0.2, 0.25) is 0 Å². The van der Waals surface area contributed by atoms with Crippen LogP contribution in [-0.2, 0) is 11.3 Å². The molecule has 0 bridgehead atoms. The van der Waals surface area contributed by atoms with Gasteiger partial charge in [-0.3, -0.25) is 0 Å². The highest BCUT2D eigenvalue weighted by Gasteiger charge is 2.13. The Kier molecular flexibility index (Phi) is 9.02. The molecule has 0 saturated carbocycles. The van der Waals surface area contributed by atoms with Gasteiger partial charge in [-0.25, -0.2) is 4.98 Å². The van der Waals surface area contributed by atoms with Crippen molar-refractivity contribution in [1.82, 2.24) is 10.3 Å². The third-order valence-electron chi connectivity index (χ3n) is 3.79. The van der Waals surface area contributed by atoms with Crippen LogP contribution in [0.5, 0.6) is 0 Å². The molecule has 0 aliphatic carbocycles. The summed E-state index contributed by atoms with van der Waals surface area (Å²) in [5, 5.41) is 3.34. The number of unbranched alkanes of at least 4 members (excludes halogenated alkanes) is 1. The molecule has 0 saturated heterocycles. The fourth-order valence-corrected chi connectivity index (χ4v) is 2.21. The van der Waals surface area contributed by atoms with Crippen molar-refractivity contribution in [3.8, 4) is 0 Å². The smallest absolute Gasteiger partial charge is 0.128 e. The maximum absolute atomic E-state index is 5.02. The lowest BCUT2D eigenvalue weighted by molar-refractivity contribution is 0.199. The largest absolute Gasteiger partial charge is 0.383 e. The van der Waals surface area contributed by atoms with E-state index >= 15 is 0 Å². The van der Waals surface area contributed by atoms with Crippen molar-refractivity contribution in [1.29, 1.82) is 0 Å². The summed E-state index contributed by atoms with van der Waals surface area (Å²) in [5.74, 6) is 1.10. The second kappa shape index (κ2) is 10.6. The summed E-state index contributed by atoms with van der Waals surface area (Å²) in [6.45, 7) is 10.3. The van der Waals surface area contributed by atoms with Gasteiger partial charge in [0.2, 0.25) is 0 Å². The van der Waals surface area contributed by atoms with Crippen molar-refractivity contribution in [3.05, 3.63) is 23.9 Å². The van der Waals surface area contributed by atoms with E-state index in [0.717, 1.165) is 38.5 Å². The molecule has 1 heterocycles. The predicted octanol–water partition coefficient (Wildman–Crippen LogP) is 3.22. The number of pyridine rings is 1. The van der Waals surface area contributed by atoms with Gasteiger partial charge >= 0.3 is 0 Å². The monoisotopic (exact) mass is 293 g/mol. The molecule has 0 radical (unpaired) electrons. The first-order chi connectivity index (χ1) is 10.2. The minimum atomic E-state index is 0.537. The van der Waals surface area contributed by atoms with Gasteiger partial charge in [0.1, 0.15) is 5.82 Å². The number of methoxy groups -OCH3 is 1. The van der Waals surface area contributed by atoms with Crippen molar-refractivity contribution in [2.24, 2.45) is 0 Å². The molecule has 0 amide bonds. The van der Waals surface area contributed by atoms with Gasteiger partial charge < -0.3 is 15.0 Å². The van der Waals surface area contributed by atoms with E-state index in [1.54, 1.807) is 7.11 Å². The van der Waals surface area contributed by atoms with Gasteiger partial charge in [0, 0.05) is 39.0 Å². The van der Waals surface area contributed by atoms with Crippen LogP contribution < -0.4 is 10.2 Å². The van der Waals surface area contributed by atoms with Gasteiger partial charge in [-0.1, -0.05) is 26.3 Å². The number of hydrogen-bond acceptors (Lipinski definition) is 4. The zero-order chi connectivity index (χ0) is 15.5. The number of nitrogens with one attached hydrogen (secondary N) is 1. The summed E-state index contributed by atoms with van der Waals surface area (Å²) >= 11 is 0. The van der Waals surface area contributed by atoms with Crippen molar-refractivity contribution in [3.63, 3.8) is 0 Å². The summed E-state index contributed by atoms with van der Waals surface area (Å²) in [6.07, 6.45) is 5.56. The second-order valence-electron chi connectivity index (χ2n) is 5.50. The highest BCUT2D eigenvalue weighted by atomic mass is 16.5. The van der Waals surface area contributed by atoms with Crippen LogP contribution in [0.4, 0.5) is 5.82 Å². The molecule has 0 fully saturated rings. The number of hydrogen-bond donors (Lipinski definition) is 1. The van der Waals surface area contributed by atoms with E-state index in [2.05, 4.69) is 48.1 Å². The Hall–Kier alpha value is -1.13. The Morgan fingerprint density at radius 1 is 1.33 bits per heavy atom. The topological polar surface area (TPSA) is 37.4 Å². The van der Waals surface area contributed by atoms with Crippen molar-refractivity contribution < 1.29 is 4.74 Å². The molecule has 120 valence electrons. The van der Waals surface area contributed by atoms with Crippen LogP contribution in [0.25, 0.3) is 0 Å². The van der Waals surface area contributed by atoms with E-state index in [1.807, 2.05) is 6.20 Å². The Balaban J connectivity index is 2.59. The predicted molar refractivity (Wildman–Crippen MR) is 89.8 cm³/mol. The van der Waals surface area contributed by atoms with E-state index in [-0.39, 0.29) is 0 Å². The average molecular weight is 293 g/mol. The van der Waals surface area contributed by atoms with Gasteiger partial charge in [-0.2, -0.15) is 0 Å². The summed E-state index contributed by atoms with van der Waals surface area (Å²) in [7, 11) is 1.72. The molecule has 1 rings (SSSR count). The Bertz CT molecular complexity index is 367. The van der Waals surface area contributed by atoms with Crippen molar-refractivity contribution >= 4 is 5.82 Å². The molecule has 21 heavy (non-hydrogen) atoms. The normalized spacial score (nSPS) is 12.4. The molecular formula is C17H31N3O. The van der Waals surface area contributed by atoms with Gasteiger partial charge in [-0.15, -0.1) is 0 Å². The zero-order valence-electron chi connectivity index (χ0n) is 14.1. The molecule has 1 N–H and O–H groups in total. The maximum Gasteiger partial charge on any atom is 0.128 e. The van der Waals surface area contributed by atoms with Gasteiger partial charge in [0.25, 0.3) is 0 Å². The zero-order valence-corrected chi connectivity index (χ0v) is 14.1. The lowest BCUT2D eigenvalue weighted by Gasteiger charge is -2.29. The van der Waals surface area contributed by atoms with E-state index in [0.29, 0.717) is 6.04 Å². The summed E-state index contributed by atoms with van der Waals surface area (Å²) in [5.41, 5.74) is 1.22. The third-order valence-corrected chi connectivity index (χ3v) is 3.79. The molecular weight excluding hydrogens is 262 g/mol. The number of rotatable bonds is 11. The SMILES string of the molecule is CCCCN(c1ccc(CNCCOC)cn1)C(C)CC. The van der Waals surface area contributed by atoms with Crippen LogP contribution in [0, 0.1) is 0 Å². The summed E-state index contributed by atoms with van der Waals surface area (Å²) in [4.78, 5) is 7.08. The lowest BCUT2D eigenvalue weighted by Crippen LogP contribution is -2.34. The second-order valence-corrected chi connectivity index (χ2v) is 5.50. The first-order valence-corrected chi connectivity index (χ1v) is 8.14. The van der Waals surface area contributed by atoms with Gasteiger partial charge in [0.15, 0.2) is 0 Å². The third kappa shape index (κ3) is 6.44. The molecule has 4 heteroatoms. The molecule has 1 unspecified atom stereocenters. The van der Waals surface area contributed by atoms with E-state index < -0.39 is 0 Å². The van der Waals surface area contributed by atoms with Crippen LogP contribution in [0.15, 0.2) is 18.3 Å². The first-order valence-electron chi connectivity index (χ1n) is 8.14. The molecule has 0 aliphatic rings. The Morgan fingerprint density at radius 3 is 2.71 bits per heavy atom. The quantitative estimate of drug-likeness (QED) is 0.636. The van der Waals surface area contributed by atoms with Crippen molar-refractivity contribution in [2.75, 3.05) is 31.7 Å². The number of aromatic nitrogens is 1. The van der Waals surface area contributed by atoms with Crippen LogP contribution >= 0.6 is 0 Å². The molecule has 4 nitrogen and oxygen atoms in total. The minimum Gasteiger partial charge on any atom is -0.383 e. The van der Waals surface area contributed by atoms with Crippen molar-refractivity contribution in [2.45, 2.75) is 52.6 Å². The standard InChI is InChI=1S/C17H31N3O/c1-5-7-11-20(15(3)6-2)17-9-8-16(14-19-17)13-18-10-12-21-4/h8-9,14-15,18H,5-7,10-13H2,1-4H3. The molecule has 0 aromatic carbocycles. The van der Waals surface area contributed by atoms with Gasteiger partial charge in [-0.05, 0) is 31.4 Å². The molecule has 1 aromatic rings. The number of nitrogens with zero attached hydrogens (tertiary/aromatic N) is 2. The molecule has 0 spiro atoms. The maximum atomic E-state index is 5.02. The van der Waals surface area contributed by atoms with E-state index in [9.17, 15) is 0 Å². The lowest BCUT2D eigenvalue weighted by atomic mass is 10.2. The highest BCUT2D eigenvalue weighted by molar-refractivity contribution is 5.40. The summed E-state index contributed by atoms with van der Waals surface area (Å²) < 4.78 is 5.02. The fourth-order valence-electron chi connectivity index (χ4n) is 2.21.